The van der Waals surface area contributed by atoms with Crippen molar-refractivity contribution < 1.29 is 42.6 Å². The minimum absolute atomic E-state index is 0.112. The van der Waals surface area contributed by atoms with E-state index in [-0.39, 0.29) is 31.7 Å². The summed E-state index contributed by atoms with van der Waals surface area (Å²) < 4.78 is 36.1. The fraction of sp³-hybridized carbons (Fsp3) is 0.450. The summed E-state index contributed by atoms with van der Waals surface area (Å²) in [6, 6.07) is 10.4. The highest BCUT2D eigenvalue weighted by atomic mass is 19.1. The molecule has 5 amide bonds. The highest BCUT2D eigenvalue weighted by Crippen LogP contribution is 2.40. The average molecular weight is 765 g/mol. The second-order valence-electron chi connectivity index (χ2n) is 15.4. The third kappa shape index (κ3) is 11.8. The first-order valence-corrected chi connectivity index (χ1v) is 18.2. The van der Waals surface area contributed by atoms with Crippen LogP contribution in [-0.4, -0.2) is 92.3 Å². The minimum atomic E-state index is -1.20. The smallest absolute Gasteiger partial charge is 0.408 e. The van der Waals surface area contributed by atoms with Gasteiger partial charge in [-0.1, -0.05) is 51.1 Å². The summed E-state index contributed by atoms with van der Waals surface area (Å²) >= 11 is 0. The maximum Gasteiger partial charge on any atom is 0.408 e. The largest absolute Gasteiger partial charge is 0.444 e. The Balaban J connectivity index is 1.64. The highest BCUT2D eigenvalue weighted by molar-refractivity contribution is 6.12. The Bertz CT molecular complexity index is 1870. The lowest BCUT2D eigenvalue weighted by atomic mass is 9.81. The molecule has 0 spiro atoms. The number of benzene rings is 2. The zero-order valence-electron chi connectivity index (χ0n) is 32.1. The molecule has 1 aliphatic rings. The molecule has 0 fully saturated rings. The first-order valence-electron chi connectivity index (χ1n) is 18.2. The fourth-order valence-corrected chi connectivity index (χ4v) is 6.27. The average Bonchev–Trinajstić information content (AvgIpc) is 3.66. The van der Waals surface area contributed by atoms with E-state index >= 15 is 4.39 Å². The standard InChI is InChI=1S/C40H50F2N6O7/c1-39(2,3)36(35-27(22-26-12-8-7-9-13-26)24-48(45-35)31-23-28(41)14-15-29(31)42)47(34(52)25-49)21-18-30(44-38(54)55-40(4,5)6)37(53)43-19-10-11-20-46-32(50)16-17-33(46)51/h7-9,12-17,23-24,30,36,49H,10-11,18-22,25H2,1-6H3,(H,43,53)(H,44,54)/t30-,36-/m0/s1. The number of hydrogen-bond donors (Lipinski definition) is 3. The van der Waals surface area contributed by atoms with Crippen LogP contribution in [0.15, 0.2) is 66.9 Å². The van der Waals surface area contributed by atoms with E-state index in [1.54, 1.807) is 27.0 Å². The van der Waals surface area contributed by atoms with Crippen LogP contribution >= 0.6 is 0 Å². The van der Waals surface area contributed by atoms with Crippen molar-refractivity contribution >= 4 is 29.7 Å². The Labute approximate surface area is 319 Å². The third-order valence-electron chi connectivity index (χ3n) is 8.74. The zero-order valence-corrected chi connectivity index (χ0v) is 32.1. The van der Waals surface area contributed by atoms with E-state index in [0.717, 1.165) is 28.7 Å². The molecule has 2 heterocycles. The van der Waals surface area contributed by atoms with E-state index in [0.29, 0.717) is 30.5 Å². The summed E-state index contributed by atoms with van der Waals surface area (Å²) in [7, 11) is 0. The number of aliphatic hydroxyl groups is 1. The number of ether oxygens (including phenoxy) is 1. The van der Waals surface area contributed by atoms with Crippen molar-refractivity contribution in [3.05, 3.63) is 95.3 Å². The van der Waals surface area contributed by atoms with Crippen LogP contribution in [0.1, 0.15) is 83.7 Å². The summed E-state index contributed by atoms with van der Waals surface area (Å²) in [4.78, 5) is 66.4. The van der Waals surface area contributed by atoms with Crippen molar-refractivity contribution in [2.24, 2.45) is 5.41 Å². The van der Waals surface area contributed by atoms with Crippen LogP contribution in [0.2, 0.25) is 0 Å². The molecule has 2 atom stereocenters. The van der Waals surface area contributed by atoms with Gasteiger partial charge in [-0.2, -0.15) is 5.10 Å². The first-order chi connectivity index (χ1) is 25.9. The van der Waals surface area contributed by atoms with Gasteiger partial charge in [-0.05, 0) is 63.1 Å². The number of halogens is 2. The lowest BCUT2D eigenvalue weighted by Gasteiger charge is -2.40. The van der Waals surface area contributed by atoms with Gasteiger partial charge in [-0.25, -0.2) is 18.3 Å². The maximum absolute atomic E-state index is 15.1. The number of aliphatic hydroxyl groups excluding tert-OH is 1. The Morgan fingerprint density at radius 2 is 1.64 bits per heavy atom. The number of alkyl carbamates (subject to hydrolysis) is 1. The number of carbonyl (C=O) groups excluding carboxylic acids is 5. The fourth-order valence-electron chi connectivity index (χ4n) is 6.27. The Morgan fingerprint density at radius 1 is 0.964 bits per heavy atom. The minimum Gasteiger partial charge on any atom is -0.444 e. The number of rotatable bonds is 16. The van der Waals surface area contributed by atoms with Crippen molar-refractivity contribution in [3.8, 4) is 5.69 Å². The van der Waals surface area contributed by atoms with Gasteiger partial charge >= 0.3 is 6.09 Å². The van der Waals surface area contributed by atoms with Crippen molar-refractivity contribution in [2.45, 2.75) is 84.9 Å². The first kappa shape index (κ1) is 42.3. The topological polar surface area (TPSA) is 163 Å². The molecule has 3 N–H and O–H groups in total. The predicted octanol–water partition coefficient (Wildman–Crippen LogP) is 4.75. The van der Waals surface area contributed by atoms with Crippen LogP contribution in [0.5, 0.6) is 0 Å². The molecule has 0 unspecified atom stereocenters. The number of carbonyl (C=O) groups is 5. The molecular weight excluding hydrogens is 714 g/mol. The van der Waals surface area contributed by atoms with E-state index in [4.69, 9.17) is 9.84 Å². The molecule has 2 aromatic carbocycles. The van der Waals surface area contributed by atoms with Crippen LogP contribution in [-0.2, 0) is 30.3 Å². The number of hydrogen-bond acceptors (Lipinski definition) is 8. The molecule has 296 valence electrons. The van der Waals surface area contributed by atoms with E-state index < -0.39 is 71.1 Å². The van der Waals surface area contributed by atoms with Crippen molar-refractivity contribution in [3.63, 3.8) is 0 Å². The number of nitrogens with zero attached hydrogens (tertiary/aromatic N) is 4. The summed E-state index contributed by atoms with van der Waals surface area (Å²) in [5.41, 5.74) is 0.0920. The quantitative estimate of drug-likeness (QED) is 0.139. The Morgan fingerprint density at radius 3 is 2.25 bits per heavy atom. The summed E-state index contributed by atoms with van der Waals surface area (Å²) in [6.07, 6.45) is 4.18. The number of aromatic nitrogens is 2. The monoisotopic (exact) mass is 764 g/mol. The molecule has 15 heteroatoms. The molecule has 1 aliphatic heterocycles. The molecule has 0 saturated carbocycles. The van der Waals surface area contributed by atoms with Gasteiger partial charge in [0, 0.05) is 56.0 Å². The van der Waals surface area contributed by atoms with Gasteiger partial charge in [0.2, 0.25) is 11.8 Å². The molecule has 4 rings (SSSR count). The van der Waals surface area contributed by atoms with Gasteiger partial charge in [0.05, 0.1) is 11.7 Å². The number of unbranched alkanes of at least 4 members (excludes halogenated alkanes) is 1. The van der Waals surface area contributed by atoms with Crippen LogP contribution in [0.4, 0.5) is 13.6 Å². The molecule has 0 aliphatic carbocycles. The van der Waals surface area contributed by atoms with Crippen LogP contribution in [0.3, 0.4) is 0 Å². The normalized spacial score (nSPS) is 14.2. The van der Waals surface area contributed by atoms with Crippen LogP contribution in [0, 0.1) is 17.0 Å². The number of amides is 5. The van der Waals surface area contributed by atoms with Crippen LogP contribution < -0.4 is 10.6 Å². The Kier molecular flexibility index (Phi) is 14.0. The van der Waals surface area contributed by atoms with Crippen molar-refractivity contribution in [2.75, 3.05) is 26.2 Å². The van der Waals surface area contributed by atoms with Gasteiger partial charge in [0.25, 0.3) is 11.8 Å². The van der Waals surface area contributed by atoms with Gasteiger partial charge in [-0.3, -0.25) is 24.1 Å². The van der Waals surface area contributed by atoms with Gasteiger partial charge in [0.15, 0.2) is 0 Å². The van der Waals surface area contributed by atoms with E-state index in [2.05, 4.69) is 10.6 Å². The molecule has 1 aromatic heterocycles. The lowest BCUT2D eigenvalue weighted by Crippen LogP contribution is -2.51. The highest BCUT2D eigenvalue weighted by Gasteiger charge is 2.39. The molecule has 0 saturated heterocycles. The van der Waals surface area contributed by atoms with Crippen molar-refractivity contribution in [1.29, 1.82) is 0 Å². The van der Waals surface area contributed by atoms with E-state index in [1.165, 1.54) is 21.7 Å². The van der Waals surface area contributed by atoms with Gasteiger partial charge in [0.1, 0.15) is 35.6 Å². The van der Waals surface area contributed by atoms with Gasteiger partial charge < -0.3 is 25.4 Å². The molecule has 0 bridgehead atoms. The summed E-state index contributed by atoms with van der Waals surface area (Å²) in [5.74, 6) is -3.43. The SMILES string of the molecule is CC(C)(C)OC(=O)N[C@@H](CCN(C(=O)CO)[C@@H](c1nn(-c2cc(F)ccc2F)cc1Cc1ccccc1)C(C)(C)C)C(=O)NCCCCN1C(=O)C=CC1=O. The molecule has 3 aromatic rings. The Hall–Kier alpha value is -5.44. The molecule has 0 radical (unpaired) electrons. The number of nitrogens with one attached hydrogen (secondary N) is 2. The zero-order chi connectivity index (χ0) is 40.5. The van der Waals surface area contributed by atoms with Gasteiger partial charge in [-0.15, -0.1) is 0 Å². The lowest BCUT2D eigenvalue weighted by molar-refractivity contribution is -0.140. The van der Waals surface area contributed by atoms with E-state index in [1.807, 2.05) is 51.1 Å². The summed E-state index contributed by atoms with van der Waals surface area (Å²) in [5, 5.41) is 20.3. The molecule has 13 nitrogen and oxygen atoms in total. The van der Waals surface area contributed by atoms with E-state index in [9.17, 15) is 33.5 Å². The predicted molar refractivity (Wildman–Crippen MR) is 200 cm³/mol. The molecular formula is C40H50F2N6O7. The van der Waals surface area contributed by atoms with Crippen LogP contribution in [0.25, 0.3) is 5.69 Å². The van der Waals surface area contributed by atoms with Crippen molar-refractivity contribution in [1.82, 2.24) is 30.2 Å². The molecule has 55 heavy (non-hydrogen) atoms. The second kappa shape index (κ2) is 18.3. The second-order valence-corrected chi connectivity index (χ2v) is 15.4. The summed E-state index contributed by atoms with van der Waals surface area (Å²) in [6.45, 7) is 9.93. The third-order valence-corrected chi connectivity index (χ3v) is 8.74. The number of imide groups is 1. The maximum atomic E-state index is 15.1.